The van der Waals surface area contributed by atoms with Gasteiger partial charge in [0, 0.05) is 5.92 Å². The molecule has 1 aliphatic carbocycles. The molecule has 0 saturated heterocycles. The summed E-state index contributed by atoms with van der Waals surface area (Å²) in [5, 5.41) is 0. The van der Waals surface area contributed by atoms with Crippen molar-refractivity contribution in [3.05, 3.63) is 59.6 Å². The number of methoxy groups -OCH3 is 3. The molecular weight excluding hydrogens is 280 g/mol. The number of allylic oxidation sites excluding steroid dienone is 1. The van der Waals surface area contributed by atoms with Crippen molar-refractivity contribution in [1.29, 1.82) is 0 Å². The highest BCUT2D eigenvalue weighted by Gasteiger charge is 2.34. The molecule has 0 aromatic heterocycles. The largest absolute Gasteiger partial charge is 0.493 e. The van der Waals surface area contributed by atoms with Gasteiger partial charge in [-0.1, -0.05) is 37.3 Å². The minimum atomic E-state index is -0.394. The van der Waals surface area contributed by atoms with E-state index in [-0.39, 0.29) is 17.8 Å². The maximum Gasteiger partial charge on any atom is 0.312 e. The van der Waals surface area contributed by atoms with E-state index < -0.39 is 5.92 Å². The molecule has 4 heteroatoms. The molecular formula is C18H22O4. The van der Waals surface area contributed by atoms with Gasteiger partial charge in [0.25, 0.3) is 0 Å². The van der Waals surface area contributed by atoms with Crippen molar-refractivity contribution in [2.24, 2.45) is 11.8 Å². The van der Waals surface area contributed by atoms with Crippen LogP contribution in [-0.2, 0) is 19.0 Å². The van der Waals surface area contributed by atoms with Gasteiger partial charge < -0.3 is 14.2 Å². The molecule has 0 unspecified atom stereocenters. The van der Waals surface area contributed by atoms with Crippen molar-refractivity contribution >= 4 is 5.97 Å². The maximum absolute atomic E-state index is 12.2. The minimum absolute atomic E-state index is 0.0210. The highest BCUT2D eigenvalue weighted by Crippen LogP contribution is 2.38. The van der Waals surface area contributed by atoms with Gasteiger partial charge in [0.05, 0.1) is 27.2 Å². The summed E-state index contributed by atoms with van der Waals surface area (Å²) in [6.07, 6.45) is 3.80. The number of benzene rings is 1. The first-order valence-electron chi connectivity index (χ1n) is 7.27. The summed E-state index contributed by atoms with van der Waals surface area (Å²) in [6, 6.07) is 10.1. The fraction of sp³-hybridized carbons (Fsp3) is 0.389. The standard InChI is InChI=1S/C18H22O4/c1-12-14(13-8-6-5-7-9-13)10-16(20-2)17(21-3)11-15(12)18(19)22-4/h5-12,14-15H,1-4H3/t12-,14+,15+/m1/s1. The summed E-state index contributed by atoms with van der Waals surface area (Å²) in [5.41, 5.74) is 1.13. The topological polar surface area (TPSA) is 44.8 Å². The Bertz CT molecular complexity index is 574. The van der Waals surface area contributed by atoms with Crippen molar-refractivity contribution in [3.8, 4) is 0 Å². The van der Waals surface area contributed by atoms with E-state index in [1.165, 1.54) is 7.11 Å². The molecule has 0 spiro atoms. The maximum atomic E-state index is 12.2. The first kappa shape index (κ1) is 16.1. The van der Waals surface area contributed by atoms with Crippen LogP contribution >= 0.6 is 0 Å². The smallest absolute Gasteiger partial charge is 0.312 e. The number of ether oxygens (including phenoxy) is 3. The Hall–Kier alpha value is -2.23. The lowest BCUT2D eigenvalue weighted by atomic mass is 9.79. The summed E-state index contributed by atoms with van der Waals surface area (Å²) in [4.78, 5) is 12.2. The molecule has 1 aromatic rings. The van der Waals surface area contributed by atoms with E-state index in [4.69, 9.17) is 14.2 Å². The quantitative estimate of drug-likeness (QED) is 0.801. The van der Waals surface area contributed by atoms with Crippen LogP contribution < -0.4 is 0 Å². The van der Waals surface area contributed by atoms with Crippen LogP contribution in [0.25, 0.3) is 0 Å². The van der Waals surface area contributed by atoms with E-state index >= 15 is 0 Å². The van der Waals surface area contributed by atoms with Crippen molar-refractivity contribution in [2.45, 2.75) is 12.8 Å². The number of rotatable bonds is 4. The molecule has 0 bridgehead atoms. The molecule has 0 aliphatic heterocycles. The fourth-order valence-corrected chi connectivity index (χ4v) is 2.85. The van der Waals surface area contributed by atoms with Gasteiger partial charge in [0.1, 0.15) is 0 Å². The van der Waals surface area contributed by atoms with Crippen molar-refractivity contribution in [3.63, 3.8) is 0 Å². The molecule has 0 radical (unpaired) electrons. The third kappa shape index (κ3) is 3.16. The fourth-order valence-electron chi connectivity index (χ4n) is 2.85. The predicted octanol–water partition coefficient (Wildman–Crippen LogP) is 3.27. The van der Waals surface area contributed by atoms with Gasteiger partial charge in [-0.25, -0.2) is 0 Å². The van der Waals surface area contributed by atoms with Gasteiger partial charge in [0.2, 0.25) is 0 Å². The molecule has 118 valence electrons. The van der Waals surface area contributed by atoms with Gasteiger partial charge in [-0.2, -0.15) is 0 Å². The zero-order chi connectivity index (χ0) is 16.1. The van der Waals surface area contributed by atoms with Gasteiger partial charge in [0.15, 0.2) is 11.5 Å². The molecule has 4 nitrogen and oxygen atoms in total. The van der Waals surface area contributed by atoms with E-state index in [0.717, 1.165) is 5.56 Å². The van der Waals surface area contributed by atoms with Crippen LogP contribution in [0.5, 0.6) is 0 Å². The van der Waals surface area contributed by atoms with E-state index in [1.807, 2.05) is 31.2 Å². The van der Waals surface area contributed by atoms with Gasteiger partial charge in [-0.05, 0) is 23.6 Å². The highest BCUT2D eigenvalue weighted by molar-refractivity contribution is 5.75. The first-order valence-corrected chi connectivity index (χ1v) is 7.27. The highest BCUT2D eigenvalue weighted by atomic mass is 16.5. The van der Waals surface area contributed by atoms with Crippen LogP contribution in [0.4, 0.5) is 0 Å². The van der Waals surface area contributed by atoms with Crippen LogP contribution in [0.15, 0.2) is 54.0 Å². The second-order valence-electron chi connectivity index (χ2n) is 5.31. The SMILES string of the molecule is COC(=O)[C@H]1C=C(OC)C(OC)=C[C@H](c2ccccc2)[C@H]1C. The van der Waals surface area contributed by atoms with E-state index in [9.17, 15) is 4.79 Å². The number of carbonyl (C=O) groups is 1. The van der Waals surface area contributed by atoms with Crippen molar-refractivity contribution in [2.75, 3.05) is 21.3 Å². The Morgan fingerprint density at radius 3 is 2.09 bits per heavy atom. The number of esters is 1. The Balaban J connectivity index is 2.51. The van der Waals surface area contributed by atoms with Crippen LogP contribution in [0.1, 0.15) is 18.4 Å². The Morgan fingerprint density at radius 1 is 0.955 bits per heavy atom. The third-order valence-electron chi connectivity index (χ3n) is 4.14. The van der Waals surface area contributed by atoms with E-state index in [0.29, 0.717) is 11.5 Å². The zero-order valence-electron chi connectivity index (χ0n) is 13.4. The normalized spacial score (nSPS) is 24.6. The summed E-state index contributed by atoms with van der Waals surface area (Å²) in [7, 11) is 4.58. The number of hydrogen-bond acceptors (Lipinski definition) is 4. The van der Waals surface area contributed by atoms with Crippen molar-refractivity contribution < 1.29 is 19.0 Å². The zero-order valence-corrected chi connectivity index (χ0v) is 13.4. The first-order chi connectivity index (χ1) is 10.6. The third-order valence-corrected chi connectivity index (χ3v) is 4.14. The summed E-state index contributed by atoms with van der Waals surface area (Å²) >= 11 is 0. The van der Waals surface area contributed by atoms with Crippen LogP contribution in [-0.4, -0.2) is 27.3 Å². The molecule has 0 fully saturated rings. The lowest BCUT2D eigenvalue weighted by molar-refractivity contribution is -0.145. The molecule has 0 N–H and O–H groups in total. The molecule has 0 heterocycles. The summed E-state index contributed by atoms with van der Waals surface area (Å²) in [6.45, 7) is 2.04. The Kier molecular flexibility index (Phi) is 5.26. The second-order valence-corrected chi connectivity index (χ2v) is 5.31. The molecule has 3 atom stereocenters. The average Bonchev–Trinajstić information content (AvgIpc) is 2.71. The second kappa shape index (κ2) is 7.16. The molecule has 0 amide bonds. The predicted molar refractivity (Wildman–Crippen MR) is 84.0 cm³/mol. The van der Waals surface area contributed by atoms with E-state index in [1.54, 1.807) is 20.3 Å². The summed E-state index contributed by atoms with van der Waals surface area (Å²) < 4.78 is 15.8. The molecule has 1 aromatic carbocycles. The molecule has 1 aliphatic rings. The van der Waals surface area contributed by atoms with Gasteiger partial charge >= 0.3 is 5.97 Å². The molecule has 0 saturated carbocycles. The van der Waals surface area contributed by atoms with Crippen molar-refractivity contribution in [1.82, 2.24) is 0 Å². The van der Waals surface area contributed by atoms with E-state index in [2.05, 4.69) is 12.1 Å². The molecule has 2 rings (SSSR count). The summed E-state index contributed by atoms with van der Waals surface area (Å²) in [5.74, 6) is 0.581. The van der Waals surface area contributed by atoms with Gasteiger partial charge in [-0.3, -0.25) is 4.79 Å². The average molecular weight is 302 g/mol. The van der Waals surface area contributed by atoms with Gasteiger partial charge in [-0.15, -0.1) is 0 Å². The number of carbonyl (C=O) groups excluding carboxylic acids is 1. The lowest BCUT2D eigenvalue weighted by Gasteiger charge is -2.24. The minimum Gasteiger partial charge on any atom is -0.493 e. The van der Waals surface area contributed by atoms with Crippen LogP contribution in [0.2, 0.25) is 0 Å². The Labute approximate surface area is 131 Å². The molecule has 22 heavy (non-hydrogen) atoms. The number of hydrogen-bond donors (Lipinski definition) is 0. The van der Waals surface area contributed by atoms with Crippen LogP contribution in [0.3, 0.4) is 0 Å². The Morgan fingerprint density at radius 2 is 1.55 bits per heavy atom. The lowest BCUT2D eigenvalue weighted by Crippen LogP contribution is -2.25. The van der Waals surface area contributed by atoms with Crippen LogP contribution in [0, 0.1) is 11.8 Å². The monoisotopic (exact) mass is 302 g/mol.